The Morgan fingerprint density at radius 2 is 2.38 bits per heavy atom. The zero-order chi connectivity index (χ0) is 20.4. The topological polar surface area (TPSA) is 109 Å². The number of hydrogen-bond acceptors (Lipinski definition) is 6. The van der Waals surface area contributed by atoms with Gasteiger partial charge in [0.15, 0.2) is 5.17 Å². The second-order valence-corrected chi connectivity index (χ2v) is 8.08. The van der Waals surface area contributed by atoms with Crippen LogP contribution in [-0.4, -0.2) is 58.7 Å². The van der Waals surface area contributed by atoms with Crippen molar-refractivity contribution >= 4 is 23.0 Å². The number of methoxy groups -OCH3 is 1. The van der Waals surface area contributed by atoms with Gasteiger partial charge in [0.2, 0.25) is 0 Å². The standard InChI is InChI=1S/C19H21FN4O4S/c1-27-8-13-7-12-9-29-17(22-18(25)26)23-19(12,10-28-13)14-6-11(2-3-15(14)20)16-4-5-21-24-16/h2-6,12-13H,7-10H2,1H3,(H,21,24)(H,22,23)(H,25,26)/t12-,13+,19-/m0/s1. The van der Waals surface area contributed by atoms with Crippen molar-refractivity contribution in [3.63, 3.8) is 0 Å². The van der Waals surface area contributed by atoms with Crippen molar-refractivity contribution in [2.75, 3.05) is 26.1 Å². The Morgan fingerprint density at radius 1 is 1.52 bits per heavy atom. The number of H-pyrrole nitrogens is 1. The second kappa shape index (κ2) is 8.13. The van der Waals surface area contributed by atoms with Crippen molar-refractivity contribution in [1.29, 1.82) is 0 Å². The first kappa shape index (κ1) is 19.9. The van der Waals surface area contributed by atoms with E-state index in [-0.39, 0.29) is 23.8 Å². The summed E-state index contributed by atoms with van der Waals surface area (Å²) in [5.41, 5.74) is 0.891. The van der Waals surface area contributed by atoms with Crippen LogP contribution in [0.1, 0.15) is 12.0 Å². The zero-order valence-corrected chi connectivity index (χ0v) is 16.5. The third-order valence-corrected chi connectivity index (χ3v) is 6.33. The molecule has 4 rings (SSSR count). The van der Waals surface area contributed by atoms with Gasteiger partial charge in [-0.05, 0) is 30.7 Å². The van der Waals surface area contributed by atoms with Gasteiger partial charge in [0.05, 0.1) is 25.0 Å². The Labute approximate surface area is 170 Å². The number of halogens is 1. The lowest BCUT2D eigenvalue weighted by Crippen LogP contribution is -2.52. The molecule has 2 aliphatic rings. The number of amides is 1. The number of nitrogens with zero attached hydrogens (tertiary/aromatic N) is 2. The summed E-state index contributed by atoms with van der Waals surface area (Å²) in [6.07, 6.45) is 0.952. The largest absolute Gasteiger partial charge is 0.465 e. The zero-order valence-electron chi connectivity index (χ0n) is 15.7. The molecule has 8 nitrogen and oxygen atoms in total. The predicted octanol–water partition coefficient (Wildman–Crippen LogP) is 2.83. The summed E-state index contributed by atoms with van der Waals surface area (Å²) in [5, 5.41) is 18.5. The molecule has 2 aliphatic heterocycles. The minimum atomic E-state index is -1.20. The number of thioether (sulfide) groups is 1. The Morgan fingerprint density at radius 3 is 3.10 bits per heavy atom. The molecule has 29 heavy (non-hydrogen) atoms. The molecule has 0 radical (unpaired) electrons. The van der Waals surface area contributed by atoms with Gasteiger partial charge in [-0.2, -0.15) is 5.10 Å². The summed E-state index contributed by atoms with van der Waals surface area (Å²) in [4.78, 5) is 15.8. The van der Waals surface area contributed by atoms with Crippen LogP contribution in [0.25, 0.3) is 11.3 Å². The van der Waals surface area contributed by atoms with Crippen LogP contribution in [-0.2, 0) is 15.0 Å². The van der Waals surface area contributed by atoms with E-state index in [1.165, 1.54) is 17.8 Å². The van der Waals surface area contributed by atoms with E-state index >= 15 is 4.39 Å². The average molecular weight is 420 g/mol. The lowest BCUT2D eigenvalue weighted by atomic mass is 9.74. The number of hydrogen-bond donors (Lipinski definition) is 3. The van der Waals surface area contributed by atoms with Crippen molar-refractivity contribution < 1.29 is 23.8 Å². The molecule has 0 saturated carbocycles. The normalized spacial score (nSPS) is 26.5. The van der Waals surface area contributed by atoms with E-state index in [1.54, 1.807) is 31.5 Å². The van der Waals surface area contributed by atoms with Gasteiger partial charge in [0.25, 0.3) is 0 Å². The Bertz CT molecular complexity index is 923. The molecule has 0 aliphatic carbocycles. The van der Waals surface area contributed by atoms with Crippen LogP contribution in [0.4, 0.5) is 9.18 Å². The quantitative estimate of drug-likeness (QED) is 0.702. The number of benzene rings is 1. The summed E-state index contributed by atoms with van der Waals surface area (Å²) in [7, 11) is 1.61. The Hall–Kier alpha value is -2.43. The van der Waals surface area contributed by atoms with E-state index in [0.717, 1.165) is 11.3 Å². The predicted molar refractivity (Wildman–Crippen MR) is 106 cm³/mol. The Kier molecular flexibility index (Phi) is 5.57. The maximum absolute atomic E-state index is 15.1. The van der Waals surface area contributed by atoms with Gasteiger partial charge in [0.1, 0.15) is 11.4 Å². The fraction of sp³-hybridized carbons (Fsp3) is 0.421. The van der Waals surface area contributed by atoms with E-state index in [2.05, 4.69) is 20.5 Å². The average Bonchev–Trinajstić information content (AvgIpc) is 3.23. The molecule has 1 saturated heterocycles. The lowest BCUT2D eigenvalue weighted by molar-refractivity contribution is -0.0837. The highest BCUT2D eigenvalue weighted by Crippen LogP contribution is 2.47. The molecule has 0 unspecified atom stereocenters. The molecule has 154 valence electrons. The van der Waals surface area contributed by atoms with Crippen LogP contribution in [0.2, 0.25) is 0 Å². The fourth-order valence-electron chi connectivity index (χ4n) is 3.92. The van der Waals surface area contributed by atoms with Gasteiger partial charge in [-0.3, -0.25) is 10.4 Å². The van der Waals surface area contributed by atoms with Crippen molar-refractivity contribution in [3.05, 3.63) is 41.8 Å². The molecule has 3 heterocycles. The summed E-state index contributed by atoms with van der Waals surface area (Å²) < 4.78 is 26.3. The van der Waals surface area contributed by atoms with Crippen molar-refractivity contribution in [1.82, 2.24) is 15.5 Å². The van der Waals surface area contributed by atoms with Crippen LogP contribution in [0, 0.1) is 11.7 Å². The molecule has 1 aromatic carbocycles. The number of carboxylic acid groups (broad SMARTS) is 1. The molecule has 1 amide bonds. The minimum Gasteiger partial charge on any atom is -0.465 e. The Balaban J connectivity index is 1.79. The third kappa shape index (κ3) is 3.87. The molecular weight excluding hydrogens is 399 g/mol. The van der Waals surface area contributed by atoms with Gasteiger partial charge >= 0.3 is 6.09 Å². The van der Waals surface area contributed by atoms with Gasteiger partial charge in [-0.1, -0.05) is 11.8 Å². The van der Waals surface area contributed by atoms with Crippen molar-refractivity contribution in [2.24, 2.45) is 10.9 Å². The number of fused-ring (bicyclic) bond motifs is 1. The second-order valence-electron chi connectivity index (χ2n) is 7.07. The first-order valence-corrected chi connectivity index (χ1v) is 10.1. The van der Waals surface area contributed by atoms with Gasteiger partial charge < -0.3 is 14.6 Å². The molecule has 0 spiro atoms. The molecule has 3 atom stereocenters. The number of ether oxygens (including phenoxy) is 2. The van der Waals surface area contributed by atoms with Crippen LogP contribution in [0.15, 0.2) is 35.5 Å². The monoisotopic (exact) mass is 420 g/mol. The lowest BCUT2D eigenvalue weighted by Gasteiger charge is -2.46. The molecule has 1 aromatic heterocycles. The summed E-state index contributed by atoms with van der Waals surface area (Å²) in [5.74, 6) is 0.154. The smallest absolute Gasteiger partial charge is 0.410 e. The maximum atomic E-state index is 15.1. The third-order valence-electron chi connectivity index (χ3n) is 5.30. The molecule has 2 aromatic rings. The highest BCUT2D eigenvalue weighted by atomic mass is 32.2. The number of aromatic amines is 1. The number of aliphatic imine (C=N–C) groups is 1. The van der Waals surface area contributed by atoms with Crippen LogP contribution >= 0.6 is 11.8 Å². The first-order valence-electron chi connectivity index (χ1n) is 9.15. The summed E-state index contributed by atoms with van der Waals surface area (Å²) in [6.45, 7) is 0.582. The fourth-order valence-corrected chi connectivity index (χ4v) is 5.08. The van der Waals surface area contributed by atoms with E-state index in [1.807, 2.05) is 0 Å². The molecular formula is C19H21FN4O4S. The van der Waals surface area contributed by atoms with Gasteiger partial charge in [-0.25, -0.2) is 14.2 Å². The highest BCUT2D eigenvalue weighted by molar-refractivity contribution is 8.13. The molecule has 1 fully saturated rings. The van der Waals surface area contributed by atoms with Gasteiger partial charge in [0, 0.05) is 36.1 Å². The number of aromatic nitrogens is 2. The van der Waals surface area contributed by atoms with Crippen LogP contribution in [0.3, 0.4) is 0 Å². The van der Waals surface area contributed by atoms with E-state index in [0.29, 0.717) is 24.3 Å². The molecule has 0 bridgehead atoms. The molecule has 10 heteroatoms. The van der Waals surface area contributed by atoms with E-state index in [9.17, 15) is 4.79 Å². The van der Waals surface area contributed by atoms with E-state index < -0.39 is 17.4 Å². The number of rotatable bonds is 4. The minimum absolute atomic E-state index is 0.0349. The SMILES string of the molecule is COC[C@H]1C[C@H]2CSC(NC(=O)O)=N[C@@]2(c2cc(-c3ccn[nH]3)ccc2F)CO1. The van der Waals surface area contributed by atoms with Gasteiger partial charge in [-0.15, -0.1) is 0 Å². The van der Waals surface area contributed by atoms with Crippen molar-refractivity contribution in [3.8, 4) is 11.3 Å². The van der Waals surface area contributed by atoms with Crippen molar-refractivity contribution in [2.45, 2.75) is 18.1 Å². The summed E-state index contributed by atoms with van der Waals surface area (Å²) >= 11 is 1.32. The highest BCUT2D eigenvalue weighted by Gasteiger charge is 2.49. The van der Waals surface area contributed by atoms with Crippen LogP contribution in [0.5, 0.6) is 0 Å². The maximum Gasteiger partial charge on any atom is 0.410 e. The number of amidine groups is 1. The van der Waals surface area contributed by atoms with E-state index in [4.69, 9.17) is 14.6 Å². The number of nitrogens with one attached hydrogen (secondary N) is 2. The van der Waals surface area contributed by atoms with Crippen LogP contribution < -0.4 is 5.32 Å². The molecule has 3 N–H and O–H groups in total. The number of carbonyl (C=O) groups is 1. The summed E-state index contributed by atoms with van der Waals surface area (Å²) in [6, 6.07) is 6.62. The first-order chi connectivity index (χ1) is 14.0.